The predicted octanol–water partition coefficient (Wildman–Crippen LogP) is 3.75. The number of hydrogen-bond acceptors (Lipinski definition) is 1. The van der Waals surface area contributed by atoms with Gasteiger partial charge in [0, 0.05) is 0 Å². The Labute approximate surface area is 86.4 Å². The topological polar surface area (TPSA) is 9.23 Å². The Bertz CT molecular complexity index is 307. The molecule has 0 amide bonds. The molecule has 1 heteroatoms. The van der Waals surface area contributed by atoms with E-state index in [0.717, 1.165) is 5.75 Å². The van der Waals surface area contributed by atoms with Crippen molar-refractivity contribution in [3.05, 3.63) is 35.9 Å². The fourth-order valence-electron chi connectivity index (χ4n) is 1.62. The molecule has 0 aromatic heterocycles. The van der Waals surface area contributed by atoms with Crippen molar-refractivity contribution in [2.75, 3.05) is 7.11 Å². The molecule has 0 bridgehead atoms. The second-order valence-corrected chi connectivity index (χ2v) is 3.63. The first-order chi connectivity index (χ1) is 6.69. The highest BCUT2D eigenvalue weighted by molar-refractivity contribution is 5.67. The molecule has 0 spiro atoms. The van der Waals surface area contributed by atoms with Gasteiger partial charge in [-0.25, -0.2) is 0 Å². The summed E-state index contributed by atoms with van der Waals surface area (Å²) in [6.07, 6.45) is 2.17. The van der Waals surface area contributed by atoms with Crippen molar-refractivity contribution >= 4 is 5.57 Å². The van der Waals surface area contributed by atoms with Crippen LogP contribution >= 0.6 is 0 Å². The molecule has 0 aliphatic carbocycles. The van der Waals surface area contributed by atoms with Gasteiger partial charge in [-0.3, -0.25) is 0 Å². The van der Waals surface area contributed by atoms with Gasteiger partial charge in [-0.2, -0.15) is 0 Å². The van der Waals surface area contributed by atoms with E-state index in [4.69, 9.17) is 4.74 Å². The van der Waals surface area contributed by atoms with E-state index in [9.17, 15) is 0 Å². The van der Waals surface area contributed by atoms with Crippen LogP contribution in [0.15, 0.2) is 30.3 Å². The van der Waals surface area contributed by atoms with Crippen molar-refractivity contribution in [3.63, 3.8) is 0 Å². The number of allylic oxidation sites excluding steroid dienone is 2. The molecular weight excluding hydrogens is 172 g/mol. The van der Waals surface area contributed by atoms with Crippen molar-refractivity contribution < 1.29 is 4.74 Å². The number of hydrogen-bond donors (Lipinski definition) is 0. The second kappa shape index (κ2) is 4.85. The normalized spacial score (nSPS) is 11.9. The van der Waals surface area contributed by atoms with Crippen LogP contribution in [0.25, 0.3) is 5.57 Å². The Morgan fingerprint density at radius 2 is 1.79 bits per heavy atom. The monoisotopic (exact) mass is 190 g/mol. The van der Waals surface area contributed by atoms with Crippen LogP contribution in [0, 0.1) is 5.92 Å². The average Bonchev–Trinajstić information content (AvgIpc) is 2.19. The largest absolute Gasteiger partial charge is 0.497 e. The van der Waals surface area contributed by atoms with Crippen molar-refractivity contribution in [3.8, 4) is 5.75 Å². The molecule has 0 N–H and O–H groups in total. The third-order valence-electron chi connectivity index (χ3n) is 2.36. The summed E-state index contributed by atoms with van der Waals surface area (Å²) in [5.41, 5.74) is 2.66. The molecule has 0 aliphatic rings. The van der Waals surface area contributed by atoms with Crippen molar-refractivity contribution in [1.29, 1.82) is 0 Å². The summed E-state index contributed by atoms with van der Waals surface area (Å²) in [5.74, 6) is 1.47. The molecule has 14 heavy (non-hydrogen) atoms. The second-order valence-electron chi connectivity index (χ2n) is 3.63. The maximum absolute atomic E-state index is 5.12. The number of benzene rings is 1. The lowest BCUT2D eigenvalue weighted by Crippen LogP contribution is -1.93. The maximum Gasteiger partial charge on any atom is 0.118 e. The lowest BCUT2D eigenvalue weighted by atomic mass is 9.95. The highest BCUT2D eigenvalue weighted by Gasteiger charge is 2.04. The summed E-state index contributed by atoms with van der Waals surface area (Å²) in [6.45, 7) is 6.50. The molecule has 0 atom stereocenters. The Hall–Kier alpha value is -1.24. The van der Waals surface area contributed by atoms with Crippen molar-refractivity contribution in [2.24, 2.45) is 5.92 Å². The zero-order valence-corrected chi connectivity index (χ0v) is 9.37. The van der Waals surface area contributed by atoms with Crippen LogP contribution in [0.4, 0.5) is 0 Å². The fourth-order valence-corrected chi connectivity index (χ4v) is 1.62. The van der Waals surface area contributed by atoms with Gasteiger partial charge in [0.15, 0.2) is 0 Å². The summed E-state index contributed by atoms with van der Waals surface area (Å²) >= 11 is 0. The fraction of sp³-hybridized carbons (Fsp3) is 0.385. The van der Waals surface area contributed by atoms with Gasteiger partial charge < -0.3 is 4.74 Å². The Morgan fingerprint density at radius 1 is 1.21 bits per heavy atom. The van der Waals surface area contributed by atoms with Crippen molar-refractivity contribution in [1.82, 2.24) is 0 Å². The predicted molar refractivity (Wildman–Crippen MR) is 61.5 cm³/mol. The molecule has 0 aliphatic heterocycles. The van der Waals surface area contributed by atoms with Crippen LogP contribution in [0.2, 0.25) is 0 Å². The summed E-state index contributed by atoms with van der Waals surface area (Å²) < 4.78 is 5.12. The molecule has 0 fully saturated rings. The van der Waals surface area contributed by atoms with Gasteiger partial charge in [-0.05, 0) is 36.1 Å². The van der Waals surface area contributed by atoms with Gasteiger partial charge in [0.1, 0.15) is 5.75 Å². The quantitative estimate of drug-likeness (QED) is 0.705. The minimum atomic E-state index is 0.563. The zero-order valence-electron chi connectivity index (χ0n) is 9.37. The summed E-state index contributed by atoms with van der Waals surface area (Å²) in [4.78, 5) is 0. The van der Waals surface area contributed by atoms with Gasteiger partial charge in [-0.1, -0.05) is 32.1 Å². The highest BCUT2D eigenvalue weighted by Crippen LogP contribution is 2.24. The van der Waals surface area contributed by atoms with Gasteiger partial charge in [0.25, 0.3) is 0 Å². The summed E-state index contributed by atoms with van der Waals surface area (Å²) in [5, 5.41) is 0. The van der Waals surface area contributed by atoms with E-state index in [-0.39, 0.29) is 0 Å². The lowest BCUT2D eigenvalue weighted by Gasteiger charge is -2.11. The molecule has 0 heterocycles. The number of rotatable bonds is 3. The first-order valence-electron chi connectivity index (χ1n) is 4.99. The Kier molecular flexibility index (Phi) is 3.75. The standard InChI is InChI=1S/C13H18O/c1-5-13(10(2)3)11-6-8-12(14-4)9-7-11/h5-10H,1-4H3. The van der Waals surface area contributed by atoms with Crippen LogP contribution < -0.4 is 4.74 Å². The third-order valence-corrected chi connectivity index (χ3v) is 2.36. The first kappa shape index (κ1) is 10.8. The summed E-state index contributed by atoms with van der Waals surface area (Å²) in [7, 11) is 1.69. The SMILES string of the molecule is CC=C(c1ccc(OC)cc1)C(C)C. The van der Waals surface area contributed by atoms with Crippen LogP contribution in [0.5, 0.6) is 5.75 Å². The van der Waals surface area contributed by atoms with E-state index >= 15 is 0 Å². The molecular formula is C13H18O. The van der Waals surface area contributed by atoms with E-state index in [0.29, 0.717) is 5.92 Å². The summed E-state index contributed by atoms with van der Waals surface area (Å²) in [6, 6.07) is 8.21. The van der Waals surface area contributed by atoms with Crippen molar-refractivity contribution in [2.45, 2.75) is 20.8 Å². The van der Waals surface area contributed by atoms with Gasteiger partial charge >= 0.3 is 0 Å². The molecule has 1 aromatic carbocycles. The van der Waals surface area contributed by atoms with E-state index in [1.165, 1.54) is 11.1 Å². The van der Waals surface area contributed by atoms with Crippen LogP contribution in [0.3, 0.4) is 0 Å². The maximum atomic E-state index is 5.12. The minimum absolute atomic E-state index is 0.563. The molecule has 1 rings (SSSR count). The first-order valence-corrected chi connectivity index (χ1v) is 4.99. The van der Waals surface area contributed by atoms with Crippen LogP contribution in [-0.2, 0) is 0 Å². The van der Waals surface area contributed by atoms with Gasteiger partial charge in [-0.15, -0.1) is 0 Å². The third kappa shape index (κ3) is 2.38. The van der Waals surface area contributed by atoms with Crippen LogP contribution in [0.1, 0.15) is 26.3 Å². The molecule has 0 saturated heterocycles. The van der Waals surface area contributed by atoms with E-state index in [1.807, 2.05) is 12.1 Å². The molecule has 1 aromatic rings. The average molecular weight is 190 g/mol. The zero-order chi connectivity index (χ0) is 10.6. The molecule has 0 radical (unpaired) electrons. The molecule has 0 unspecified atom stereocenters. The Balaban J connectivity index is 2.96. The number of ether oxygens (including phenoxy) is 1. The van der Waals surface area contributed by atoms with E-state index in [1.54, 1.807) is 7.11 Å². The highest BCUT2D eigenvalue weighted by atomic mass is 16.5. The molecule has 0 saturated carbocycles. The minimum Gasteiger partial charge on any atom is -0.497 e. The van der Waals surface area contributed by atoms with Gasteiger partial charge in [0.2, 0.25) is 0 Å². The number of methoxy groups -OCH3 is 1. The lowest BCUT2D eigenvalue weighted by molar-refractivity contribution is 0.415. The van der Waals surface area contributed by atoms with E-state index < -0.39 is 0 Å². The molecule has 76 valence electrons. The van der Waals surface area contributed by atoms with Crippen LogP contribution in [-0.4, -0.2) is 7.11 Å². The Morgan fingerprint density at radius 3 is 2.14 bits per heavy atom. The van der Waals surface area contributed by atoms with E-state index in [2.05, 4.69) is 39.0 Å². The molecule has 1 nitrogen and oxygen atoms in total. The van der Waals surface area contributed by atoms with Gasteiger partial charge in [0.05, 0.1) is 7.11 Å². The smallest absolute Gasteiger partial charge is 0.118 e.